The Hall–Kier alpha value is -2.24. The molecule has 2 rings (SSSR count). The van der Waals surface area contributed by atoms with Gasteiger partial charge >= 0.3 is 6.09 Å². The van der Waals surface area contributed by atoms with Crippen LogP contribution in [0.1, 0.15) is 25.0 Å². The highest BCUT2D eigenvalue weighted by atomic mass is 16.6. The number of carbonyl (C=O) groups is 1. The Morgan fingerprint density at radius 1 is 1.12 bits per heavy atom. The number of hydrogen-bond donors (Lipinski definition) is 1. The Bertz CT molecular complexity index is 566. The third-order valence-electron chi connectivity index (χ3n) is 4.25. The molecule has 6 nitrogen and oxygen atoms in total. The van der Waals surface area contributed by atoms with Crippen molar-refractivity contribution in [2.24, 2.45) is 4.99 Å². The van der Waals surface area contributed by atoms with Crippen molar-refractivity contribution in [2.75, 3.05) is 39.8 Å². The van der Waals surface area contributed by atoms with Crippen molar-refractivity contribution in [3.8, 4) is 0 Å². The Balaban J connectivity index is 1.88. The highest BCUT2D eigenvalue weighted by Gasteiger charge is 2.23. The third-order valence-corrected chi connectivity index (χ3v) is 4.25. The van der Waals surface area contributed by atoms with Crippen LogP contribution >= 0.6 is 0 Å². The van der Waals surface area contributed by atoms with E-state index < -0.39 is 0 Å². The van der Waals surface area contributed by atoms with E-state index in [1.165, 1.54) is 11.1 Å². The van der Waals surface area contributed by atoms with Crippen LogP contribution in [0.15, 0.2) is 29.3 Å². The van der Waals surface area contributed by atoms with Crippen LogP contribution in [0.5, 0.6) is 0 Å². The van der Waals surface area contributed by atoms with Crippen molar-refractivity contribution in [2.45, 2.75) is 26.8 Å². The van der Waals surface area contributed by atoms with Gasteiger partial charge < -0.3 is 19.9 Å². The van der Waals surface area contributed by atoms with Crippen LogP contribution in [0.3, 0.4) is 0 Å². The normalized spacial score (nSPS) is 15.4. The fourth-order valence-corrected chi connectivity index (χ4v) is 2.90. The van der Waals surface area contributed by atoms with Crippen LogP contribution in [0.4, 0.5) is 4.79 Å². The summed E-state index contributed by atoms with van der Waals surface area (Å²) in [5.74, 6) is 0.879. The first kappa shape index (κ1) is 18.1. The zero-order chi connectivity index (χ0) is 17.4. The predicted octanol–water partition coefficient (Wildman–Crippen LogP) is 2.10. The lowest BCUT2D eigenvalue weighted by atomic mass is 10.1. The van der Waals surface area contributed by atoms with Gasteiger partial charge in [-0.25, -0.2) is 4.79 Å². The van der Waals surface area contributed by atoms with E-state index in [4.69, 9.17) is 4.74 Å². The molecular weight excluding hydrogens is 304 g/mol. The van der Waals surface area contributed by atoms with Gasteiger partial charge in [0.2, 0.25) is 0 Å². The summed E-state index contributed by atoms with van der Waals surface area (Å²) < 4.78 is 5.06. The molecule has 0 aromatic heterocycles. The number of nitrogens with one attached hydrogen (secondary N) is 1. The van der Waals surface area contributed by atoms with E-state index in [-0.39, 0.29) is 6.09 Å². The molecule has 0 aliphatic carbocycles. The minimum absolute atomic E-state index is 0.225. The van der Waals surface area contributed by atoms with E-state index in [0.717, 1.165) is 32.0 Å². The van der Waals surface area contributed by atoms with E-state index in [1.54, 1.807) is 11.9 Å². The van der Waals surface area contributed by atoms with Gasteiger partial charge in [-0.1, -0.05) is 31.2 Å². The zero-order valence-corrected chi connectivity index (χ0v) is 14.9. The minimum Gasteiger partial charge on any atom is -0.450 e. The summed E-state index contributed by atoms with van der Waals surface area (Å²) in [5, 5.41) is 3.44. The molecule has 1 saturated heterocycles. The predicted molar refractivity (Wildman–Crippen MR) is 96.2 cm³/mol. The van der Waals surface area contributed by atoms with Crippen molar-refractivity contribution in [3.63, 3.8) is 0 Å². The molecule has 1 aromatic carbocycles. The molecule has 1 aromatic rings. The fraction of sp³-hybridized carbons (Fsp3) is 0.556. The number of nitrogens with zero attached hydrogens (tertiary/aromatic N) is 3. The molecule has 0 atom stereocenters. The van der Waals surface area contributed by atoms with E-state index in [9.17, 15) is 4.79 Å². The van der Waals surface area contributed by atoms with Gasteiger partial charge in [0.1, 0.15) is 0 Å². The van der Waals surface area contributed by atoms with E-state index in [0.29, 0.717) is 19.7 Å². The Morgan fingerprint density at radius 2 is 1.75 bits per heavy atom. The molecule has 0 saturated carbocycles. The van der Waals surface area contributed by atoms with Crippen LogP contribution < -0.4 is 5.32 Å². The first-order valence-corrected chi connectivity index (χ1v) is 8.63. The lowest BCUT2D eigenvalue weighted by Gasteiger charge is -2.35. The molecule has 1 amide bonds. The number of aryl methyl sites for hydroxylation is 1. The van der Waals surface area contributed by atoms with Crippen LogP contribution in [-0.4, -0.2) is 61.7 Å². The van der Waals surface area contributed by atoms with Crippen molar-refractivity contribution < 1.29 is 9.53 Å². The second kappa shape index (κ2) is 9.15. The van der Waals surface area contributed by atoms with Gasteiger partial charge in [-0.3, -0.25) is 4.99 Å². The maximum absolute atomic E-state index is 11.8. The Kier molecular flexibility index (Phi) is 6.90. The molecule has 1 heterocycles. The van der Waals surface area contributed by atoms with Gasteiger partial charge in [-0.2, -0.15) is 0 Å². The van der Waals surface area contributed by atoms with Crippen LogP contribution in [0, 0.1) is 0 Å². The molecule has 0 unspecified atom stereocenters. The van der Waals surface area contributed by atoms with Crippen molar-refractivity contribution in [1.82, 2.24) is 15.1 Å². The van der Waals surface area contributed by atoms with Crippen LogP contribution in [0.2, 0.25) is 0 Å². The molecule has 0 bridgehead atoms. The number of guanidine groups is 1. The molecule has 132 valence electrons. The van der Waals surface area contributed by atoms with Gasteiger partial charge in [0, 0.05) is 39.8 Å². The van der Waals surface area contributed by atoms with Crippen LogP contribution in [0.25, 0.3) is 0 Å². The van der Waals surface area contributed by atoms with Gasteiger partial charge in [-0.05, 0) is 24.5 Å². The largest absolute Gasteiger partial charge is 0.450 e. The summed E-state index contributed by atoms with van der Waals surface area (Å²) in [7, 11) is 1.80. The molecule has 24 heavy (non-hydrogen) atoms. The number of rotatable bonds is 4. The maximum atomic E-state index is 11.8. The Morgan fingerprint density at radius 3 is 2.33 bits per heavy atom. The quantitative estimate of drug-likeness (QED) is 0.678. The monoisotopic (exact) mass is 332 g/mol. The molecule has 0 spiro atoms. The first-order chi connectivity index (χ1) is 11.7. The molecule has 1 N–H and O–H groups in total. The number of hydrogen-bond acceptors (Lipinski definition) is 3. The summed E-state index contributed by atoms with van der Waals surface area (Å²) in [4.78, 5) is 20.1. The SMILES string of the molecule is CCOC(=O)N1CCN(C(=NC)NCc2ccccc2CC)CC1. The van der Waals surface area contributed by atoms with Crippen molar-refractivity contribution >= 4 is 12.1 Å². The molecule has 1 fully saturated rings. The maximum Gasteiger partial charge on any atom is 0.409 e. The Labute approximate surface area is 144 Å². The average molecular weight is 332 g/mol. The summed E-state index contributed by atoms with van der Waals surface area (Å²) in [6.45, 7) is 8.00. The number of amides is 1. The highest BCUT2D eigenvalue weighted by molar-refractivity contribution is 5.80. The second-order valence-electron chi connectivity index (χ2n) is 5.70. The number of aliphatic imine (C=N–C) groups is 1. The molecular formula is C18H28N4O2. The van der Waals surface area contributed by atoms with Gasteiger partial charge in [0.15, 0.2) is 5.96 Å². The van der Waals surface area contributed by atoms with E-state index in [1.807, 2.05) is 6.92 Å². The fourth-order valence-electron chi connectivity index (χ4n) is 2.90. The molecule has 6 heteroatoms. The number of benzene rings is 1. The third kappa shape index (κ3) is 4.63. The second-order valence-corrected chi connectivity index (χ2v) is 5.70. The number of piperazine rings is 1. The zero-order valence-electron chi connectivity index (χ0n) is 14.9. The standard InChI is InChI=1S/C18H28N4O2/c1-4-15-8-6-7-9-16(15)14-20-17(19-3)21-10-12-22(13-11-21)18(23)24-5-2/h6-9H,4-5,10-14H2,1-3H3,(H,19,20). The minimum atomic E-state index is -0.225. The van der Waals surface area contributed by atoms with Gasteiger partial charge in [0.25, 0.3) is 0 Å². The van der Waals surface area contributed by atoms with E-state index in [2.05, 4.69) is 46.4 Å². The number of carbonyl (C=O) groups excluding carboxylic acids is 1. The van der Waals surface area contributed by atoms with Crippen LogP contribution in [-0.2, 0) is 17.7 Å². The summed E-state index contributed by atoms with van der Waals surface area (Å²) >= 11 is 0. The number of ether oxygens (including phenoxy) is 1. The smallest absolute Gasteiger partial charge is 0.409 e. The summed E-state index contributed by atoms with van der Waals surface area (Å²) in [5.41, 5.74) is 2.65. The average Bonchev–Trinajstić information content (AvgIpc) is 2.63. The van der Waals surface area contributed by atoms with Crippen molar-refractivity contribution in [1.29, 1.82) is 0 Å². The lowest BCUT2D eigenvalue weighted by molar-refractivity contribution is 0.0914. The first-order valence-electron chi connectivity index (χ1n) is 8.63. The molecule has 0 radical (unpaired) electrons. The van der Waals surface area contributed by atoms with Gasteiger partial charge in [0.05, 0.1) is 6.61 Å². The molecule has 1 aliphatic rings. The summed E-state index contributed by atoms with van der Waals surface area (Å²) in [6, 6.07) is 8.46. The topological polar surface area (TPSA) is 57.2 Å². The highest BCUT2D eigenvalue weighted by Crippen LogP contribution is 2.10. The van der Waals surface area contributed by atoms with Crippen molar-refractivity contribution in [3.05, 3.63) is 35.4 Å². The summed E-state index contributed by atoms with van der Waals surface area (Å²) in [6.07, 6.45) is 0.797. The lowest BCUT2D eigenvalue weighted by Crippen LogP contribution is -2.53. The van der Waals surface area contributed by atoms with Gasteiger partial charge in [-0.15, -0.1) is 0 Å². The molecule has 1 aliphatic heterocycles. The van der Waals surface area contributed by atoms with E-state index >= 15 is 0 Å².